The van der Waals surface area contributed by atoms with E-state index < -0.39 is 15.3 Å². The zero-order valence-electron chi connectivity index (χ0n) is 11.2. The van der Waals surface area contributed by atoms with Crippen molar-refractivity contribution in [2.24, 2.45) is 0 Å². The smallest absolute Gasteiger partial charge is 0.215 e. The molecule has 2 N–H and O–H groups in total. The number of sulfonamides is 1. The Kier molecular flexibility index (Phi) is 5.37. The van der Waals surface area contributed by atoms with Crippen LogP contribution in [0.25, 0.3) is 0 Å². The van der Waals surface area contributed by atoms with Crippen molar-refractivity contribution in [2.45, 2.75) is 44.5 Å². The van der Waals surface area contributed by atoms with Gasteiger partial charge in [-0.2, -0.15) is 0 Å². The lowest BCUT2D eigenvalue weighted by molar-refractivity contribution is 0.406. The summed E-state index contributed by atoms with van der Waals surface area (Å²) >= 11 is 0. The first-order chi connectivity index (χ1) is 7.81. The van der Waals surface area contributed by atoms with E-state index in [0.29, 0.717) is 12.6 Å². The summed E-state index contributed by atoms with van der Waals surface area (Å²) in [5.41, 5.74) is 0. The molecule has 0 saturated carbocycles. The molecule has 1 aliphatic rings. The van der Waals surface area contributed by atoms with Crippen LogP contribution in [0.5, 0.6) is 0 Å². The molecular formula is C11H25N3O2S. The van der Waals surface area contributed by atoms with Crippen LogP contribution in [0.2, 0.25) is 0 Å². The predicted molar refractivity (Wildman–Crippen MR) is 70.6 cm³/mol. The Labute approximate surface area is 105 Å². The second kappa shape index (κ2) is 6.13. The van der Waals surface area contributed by atoms with Gasteiger partial charge in [-0.15, -0.1) is 0 Å². The van der Waals surface area contributed by atoms with Crippen molar-refractivity contribution in [2.75, 3.05) is 26.7 Å². The Morgan fingerprint density at radius 1 is 1.35 bits per heavy atom. The molecule has 17 heavy (non-hydrogen) atoms. The van der Waals surface area contributed by atoms with Gasteiger partial charge in [0.2, 0.25) is 10.0 Å². The van der Waals surface area contributed by atoms with E-state index in [9.17, 15) is 8.42 Å². The van der Waals surface area contributed by atoms with Gasteiger partial charge < -0.3 is 10.2 Å². The Hall–Kier alpha value is -0.170. The number of rotatable bonds is 6. The topological polar surface area (TPSA) is 61.4 Å². The summed E-state index contributed by atoms with van der Waals surface area (Å²) in [5.74, 6) is 0. The lowest BCUT2D eigenvalue weighted by Crippen LogP contribution is -2.45. The third kappa shape index (κ3) is 4.91. The van der Waals surface area contributed by atoms with E-state index in [0.717, 1.165) is 19.5 Å². The van der Waals surface area contributed by atoms with Crippen molar-refractivity contribution in [1.29, 1.82) is 0 Å². The largest absolute Gasteiger partial charge is 0.313 e. The number of likely N-dealkylation sites (N-methyl/N-ethyl adjacent to an activating group) is 1. The molecule has 2 atom stereocenters. The molecule has 1 fully saturated rings. The molecule has 6 heteroatoms. The Morgan fingerprint density at radius 2 is 2.00 bits per heavy atom. The molecule has 2 unspecified atom stereocenters. The van der Waals surface area contributed by atoms with Crippen molar-refractivity contribution in [3.05, 3.63) is 0 Å². The maximum atomic E-state index is 12.0. The average molecular weight is 263 g/mol. The molecule has 1 rings (SSSR count). The molecule has 0 radical (unpaired) electrons. The van der Waals surface area contributed by atoms with Crippen LogP contribution in [-0.4, -0.2) is 57.3 Å². The third-order valence-electron chi connectivity index (χ3n) is 3.07. The van der Waals surface area contributed by atoms with E-state index in [2.05, 4.69) is 14.9 Å². The second-order valence-corrected chi connectivity index (χ2v) is 7.41. The van der Waals surface area contributed by atoms with Crippen molar-refractivity contribution in [3.8, 4) is 0 Å². The molecule has 0 aliphatic carbocycles. The van der Waals surface area contributed by atoms with Crippen LogP contribution >= 0.6 is 0 Å². The van der Waals surface area contributed by atoms with Crippen LogP contribution in [0.3, 0.4) is 0 Å². The van der Waals surface area contributed by atoms with Crippen LogP contribution in [0.4, 0.5) is 0 Å². The average Bonchev–Trinajstić information content (AvgIpc) is 2.59. The van der Waals surface area contributed by atoms with Crippen molar-refractivity contribution >= 4 is 10.0 Å². The van der Waals surface area contributed by atoms with Gasteiger partial charge in [-0.1, -0.05) is 13.8 Å². The van der Waals surface area contributed by atoms with Crippen LogP contribution in [-0.2, 0) is 10.0 Å². The minimum absolute atomic E-state index is 0.0755. The molecule has 102 valence electrons. The summed E-state index contributed by atoms with van der Waals surface area (Å²) in [5, 5.41) is 2.76. The standard InChI is InChI=1S/C11H25N3O2S/c1-9(2)12-7-10(3)17(15,16)13-11-5-6-14(4)8-11/h9-13H,5-8H2,1-4H3. The normalized spacial score (nSPS) is 24.4. The van der Waals surface area contributed by atoms with Gasteiger partial charge in [0.1, 0.15) is 0 Å². The highest BCUT2D eigenvalue weighted by molar-refractivity contribution is 7.90. The zero-order chi connectivity index (χ0) is 13.1. The number of hydrogen-bond acceptors (Lipinski definition) is 4. The first-order valence-electron chi connectivity index (χ1n) is 6.24. The molecule has 0 spiro atoms. The van der Waals surface area contributed by atoms with Crippen molar-refractivity contribution in [1.82, 2.24) is 14.9 Å². The molecule has 1 aliphatic heterocycles. The molecule has 1 saturated heterocycles. The van der Waals surface area contributed by atoms with E-state index in [1.165, 1.54) is 0 Å². The van der Waals surface area contributed by atoms with Gasteiger partial charge in [-0.05, 0) is 26.9 Å². The number of nitrogens with one attached hydrogen (secondary N) is 2. The molecule has 0 amide bonds. The molecule has 0 aromatic rings. The SMILES string of the molecule is CC(C)NCC(C)S(=O)(=O)NC1CCN(C)C1. The van der Waals surface area contributed by atoms with E-state index >= 15 is 0 Å². The molecular weight excluding hydrogens is 238 g/mol. The first-order valence-corrected chi connectivity index (χ1v) is 7.79. The summed E-state index contributed by atoms with van der Waals surface area (Å²) in [6.07, 6.45) is 0.903. The summed E-state index contributed by atoms with van der Waals surface area (Å²) in [7, 11) is -1.19. The maximum absolute atomic E-state index is 12.0. The fraction of sp³-hybridized carbons (Fsp3) is 1.00. The maximum Gasteiger partial charge on any atom is 0.215 e. The number of nitrogens with zero attached hydrogens (tertiary/aromatic N) is 1. The summed E-state index contributed by atoms with van der Waals surface area (Å²) in [6.45, 7) is 8.04. The lowest BCUT2D eigenvalue weighted by Gasteiger charge is -2.19. The van der Waals surface area contributed by atoms with E-state index in [-0.39, 0.29) is 6.04 Å². The third-order valence-corrected chi connectivity index (χ3v) is 4.95. The van der Waals surface area contributed by atoms with Gasteiger partial charge in [-0.3, -0.25) is 0 Å². The molecule has 5 nitrogen and oxygen atoms in total. The Bertz CT molecular complexity index is 330. The fourth-order valence-electron chi connectivity index (χ4n) is 1.89. The van der Waals surface area contributed by atoms with Gasteiger partial charge in [0.05, 0.1) is 5.25 Å². The molecule has 0 aromatic carbocycles. The molecule has 0 aromatic heterocycles. The van der Waals surface area contributed by atoms with Crippen LogP contribution < -0.4 is 10.0 Å². The van der Waals surface area contributed by atoms with Crippen LogP contribution in [0.15, 0.2) is 0 Å². The predicted octanol–water partition coefficient (Wildman–Crippen LogP) is -0.00360. The van der Waals surface area contributed by atoms with Crippen molar-refractivity contribution in [3.63, 3.8) is 0 Å². The monoisotopic (exact) mass is 263 g/mol. The van der Waals surface area contributed by atoms with E-state index in [4.69, 9.17) is 0 Å². The number of hydrogen-bond donors (Lipinski definition) is 2. The van der Waals surface area contributed by atoms with Crippen LogP contribution in [0, 0.1) is 0 Å². The van der Waals surface area contributed by atoms with Gasteiger partial charge in [-0.25, -0.2) is 13.1 Å². The first kappa shape index (κ1) is 14.9. The zero-order valence-corrected chi connectivity index (χ0v) is 12.0. The van der Waals surface area contributed by atoms with Gasteiger partial charge in [0.25, 0.3) is 0 Å². The summed E-state index contributed by atoms with van der Waals surface area (Å²) in [4.78, 5) is 2.14. The van der Waals surface area contributed by atoms with Gasteiger partial charge in [0.15, 0.2) is 0 Å². The molecule has 0 bridgehead atoms. The highest BCUT2D eigenvalue weighted by Crippen LogP contribution is 2.09. The van der Waals surface area contributed by atoms with Gasteiger partial charge >= 0.3 is 0 Å². The Balaban J connectivity index is 2.44. The van der Waals surface area contributed by atoms with E-state index in [1.807, 2.05) is 20.9 Å². The highest BCUT2D eigenvalue weighted by Gasteiger charge is 2.27. The van der Waals surface area contributed by atoms with Crippen molar-refractivity contribution < 1.29 is 8.42 Å². The fourth-order valence-corrected chi connectivity index (χ4v) is 3.10. The van der Waals surface area contributed by atoms with Crippen LogP contribution in [0.1, 0.15) is 27.2 Å². The quantitative estimate of drug-likeness (QED) is 0.708. The summed E-state index contributed by atoms with van der Waals surface area (Å²) in [6, 6.07) is 0.386. The lowest BCUT2D eigenvalue weighted by atomic mass is 10.3. The summed E-state index contributed by atoms with van der Waals surface area (Å²) < 4.78 is 26.9. The van der Waals surface area contributed by atoms with E-state index in [1.54, 1.807) is 6.92 Å². The second-order valence-electron chi connectivity index (χ2n) is 5.28. The van der Waals surface area contributed by atoms with Gasteiger partial charge in [0, 0.05) is 25.2 Å². The number of likely N-dealkylation sites (tertiary alicyclic amines) is 1. The highest BCUT2D eigenvalue weighted by atomic mass is 32.2. The minimum atomic E-state index is -3.20. The minimum Gasteiger partial charge on any atom is -0.313 e. The molecule has 1 heterocycles. The Morgan fingerprint density at radius 3 is 2.47 bits per heavy atom.